The van der Waals surface area contributed by atoms with Gasteiger partial charge in [-0.15, -0.1) is 6.42 Å². The van der Waals surface area contributed by atoms with Crippen molar-refractivity contribution in [2.24, 2.45) is 0 Å². The fourth-order valence-electron chi connectivity index (χ4n) is 2.56. The van der Waals surface area contributed by atoms with Crippen molar-refractivity contribution < 1.29 is 13.2 Å². The molecule has 1 aliphatic carbocycles. The van der Waals surface area contributed by atoms with Gasteiger partial charge in [0, 0.05) is 23.9 Å². The molecule has 1 aliphatic rings. The number of hydrogen-bond acceptors (Lipinski definition) is 3. The summed E-state index contributed by atoms with van der Waals surface area (Å²) in [5, 5.41) is 2.74. The van der Waals surface area contributed by atoms with Gasteiger partial charge in [-0.3, -0.25) is 4.79 Å². The van der Waals surface area contributed by atoms with E-state index in [0.29, 0.717) is 18.4 Å². The molecule has 1 fully saturated rings. The average molecular weight is 305 g/mol. The van der Waals surface area contributed by atoms with Crippen molar-refractivity contribution in [1.82, 2.24) is 5.32 Å². The maximum Gasteiger partial charge on any atom is 0.251 e. The van der Waals surface area contributed by atoms with Crippen LogP contribution in [0.4, 0.5) is 0 Å². The fraction of sp³-hybridized carbons (Fsp3) is 0.438. The third kappa shape index (κ3) is 2.96. The van der Waals surface area contributed by atoms with E-state index in [-0.39, 0.29) is 12.5 Å². The van der Waals surface area contributed by atoms with Crippen LogP contribution in [-0.4, -0.2) is 31.9 Å². The number of carbonyl (C=O) groups excluding carboxylic acids is 1. The number of sulfone groups is 1. The summed E-state index contributed by atoms with van der Waals surface area (Å²) in [5.41, 5.74) is 2.10. The molecule has 1 aromatic rings. The number of terminal acetylenes is 1. The van der Waals surface area contributed by atoms with Crippen LogP contribution in [0.5, 0.6) is 0 Å². The SMILES string of the molecule is C#Cc1ccc(C(=O)NCC2(S(C)(=O)=O)CCC2)cc1C. The first-order valence-corrected chi connectivity index (χ1v) is 8.73. The van der Waals surface area contributed by atoms with E-state index >= 15 is 0 Å². The number of nitrogens with one attached hydrogen (secondary N) is 1. The lowest BCUT2D eigenvalue weighted by Crippen LogP contribution is -2.53. The van der Waals surface area contributed by atoms with Crippen LogP contribution in [0.15, 0.2) is 18.2 Å². The molecule has 5 heteroatoms. The van der Waals surface area contributed by atoms with Crippen molar-refractivity contribution in [3.63, 3.8) is 0 Å². The number of benzene rings is 1. The van der Waals surface area contributed by atoms with E-state index in [9.17, 15) is 13.2 Å². The summed E-state index contributed by atoms with van der Waals surface area (Å²) in [7, 11) is -3.17. The summed E-state index contributed by atoms with van der Waals surface area (Å²) in [6, 6.07) is 5.10. The molecule has 0 saturated heterocycles. The monoisotopic (exact) mass is 305 g/mol. The third-order valence-corrected chi connectivity index (χ3v) is 6.39. The second kappa shape index (κ2) is 5.53. The third-order valence-electron chi connectivity index (χ3n) is 4.27. The molecular weight excluding hydrogens is 286 g/mol. The Kier molecular flexibility index (Phi) is 4.11. The second-order valence-corrected chi connectivity index (χ2v) is 8.08. The summed E-state index contributed by atoms with van der Waals surface area (Å²) < 4.78 is 22.9. The molecule has 0 bridgehead atoms. The van der Waals surface area contributed by atoms with Crippen LogP contribution in [0.3, 0.4) is 0 Å². The molecule has 1 saturated carbocycles. The molecule has 2 rings (SSSR count). The molecule has 0 heterocycles. The highest BCUT2D eigenvalue weighted by molar-refractivity contribution is 7.92. The molecule has 1 amide bonds. The van der Waals surface area contributed by atoms with E-state index in [2.05, 4.69) is 11.2 Å². The number of amides is 1. The molecule has 4 nitrogen and oxygen atoms in total. The molecule has 0 aliphatic heterocycles. The van der Waals surface area contributed by atoms with Crippen LogP contribution in [-0.2, 0) is 9.84 Å². The molecule has 0 unspecified atom stereocenters. The van der Waals surface area contributed by atoms with Gasteiger partial charge in [-0.05, 0) is 43.5 Å². The second-order valence-electron chi connectivity index (χ2n) is 5.67. The van der Waals surface area contributed by atoms with Gasteiger partial charge < -0.3 is 5.32 Å². The predicted molar refractivity (Wildman–Crippen MR) is 82.9 cm³/mol. The Balaban J connectivity index is 2.09. The van der Waals surface area contributed by atoms with Gasteiger partial charge in [-0.1, -0.05) is 12.3 Å². The molecule has 21 heavy (non-hydrogen) atoms. The molecule has 112 valence electrons. The molecule has 1 N–H and O–H groups in total. The number of aryl methyl sites for hydroxylation is 1. The Hall–Kier alpha value is -1.80. The van der Waals surface area contributed by atoms with E-state index in [1.807, 2.05) is 6.92 Å². The minimum Gasteiger partial charge on any atom is -0.350 e. The summed E-state index contributed by atoms with van der Waals surface area (Å²) in [6.07, 6.45) is 8.70. The summed E-state index contributed by atoms with van der Waals surface area (Å²) in [4.78, 5) is 12.2. The van der Waals surface area contributed by atoms with Gasteiger partial charge in [0.2, 0.25) is 0 Å². The van der Waals surface area contributed by atoms with Gasteiger partial charge in [-0.2, -0.15) is 0 Å². The highest BCUT2D eigenvalue weighted by atomic mass is 32.2. The van der Waals surface area contributed by atoms with Crippen molar-refractivity contribution in [3.05, 3.63) is 34.9 Å². The summed E-state index contributed by atoms with van der Waals surface area (Å²) >= 11 is 0. The van der Waals surface area contributed by atoms with Crippen LogP contribution in [0.25, 0.3) is 0 Å². The Bertz CT molecular complexity index is 710. The zero-order chi connectivity index (χ0) is 15.7. The van der Waals surface area contributed by atoms with E-state index in [4.69, 9.17) is 6.42 Å². The molecule has 0 spiro atoms. The van der Waals surface area contributed by atoms with Crippen LogP contribution < -0.4 is 5.32 Å². The Labute approximate surface area is 125 Å². The van der Waals surface area contributed by atoms with Crippen LogP contribution in [0.1, 0.15) is 40.7 Å². The first kappa shape index (κ1) is 15.6. The molecule has 0 radical (unpaired) electrons. The largest absolute Gasteiger partial charge is 0.350 e. The minimum absolute atomic E-state index is 0.167. The lowest BCUT2D eigenvalue weighted by molar-refractivity contribution is 0.0943. The summed E-state index contributed by atoms with van der Waals surface area (Å²) in [6.45, 7) is 2.01. The standard InChI is InChI=1S/C16H19NO3S/c1-4-13-6-7-14(10-12(13)2)15(18)17-11-16(8-5-9-16)21(3,19)20/h1,6-7,10H,5,8-9,11H2,2-3H3,(H,17,18). The Morgan fingerprint density at radius 3 is 2.52 bits per heavy atom. The van der Waals surface area contributed by atoms with Gasteiger partial charge in [0.25, 0.3) is 5.91 Å². The smallest absolute Gasteiger partial charge is 0.251 e. The van der Waals surface area contributed by atoms with Gasteiger partial charge in [0.15, 0.2) is 9.84 Å². The number of hydrogen-bond donors (Lipinski definition) is 1. The zero-order valence-corrected chi connectivity index (χ0v) is 13.1. The van der Waals surface area contributed by atoms with Gasteiger partial charge >= 0.3 is 0 Å². The fourth-order valence-corrected chi connectivity index (χ4v) is 3.92. The van der Waals surface area contributed by atoms with Gasteiger partial charge in [0.05, 0.1) is 4.75 Å². The van der Waals surface area contributed by atoms with Crippen molar-refractivity contribution >= 4 is 15.7 Å². The first-order valence-electron chi connectivity index (χ1n) is 6.84. The highest BCUT2D eigenvalue weighted by Crippen LogP contribution is 2.38. The van der Waals surface area contributed by atoms with Crippen LogP contribution in [0, 0.1) is 19.3 Å². The predicted octanol–water partition coefficient (Wildman–Crippen LogP) is 1.67. The van der Waals surface area contributed by atoms with Crippen molar-refractivity contribution in [2.75, 3.05) is 12.8 Å². The number of rotatable bonds is 4. The average Bonchev–Trinajstić information content (AvgIpc) is 2.35. The lowest BCUT2D eigenvalue weighted by Gasteiger charge is -2.39. The highest BCUT2D eigenvalue weighted by Gasteiger charge is 2.46. The van der Waals surface area contributed by atoms with E-state index in [0.717, 1.165) is 17.5 Å². The molecule has 0 aromatic heterocycles. The molecule has 0 atom stereocenters. The zero-order valence-electron chi connectivity index (χ0n) is 12.3. The minimum atomic E-state index is -3.17. The maximum atomic E-state index is 12.2. The van der Waals surface area contributed by atoms with E-state index in [1.54, 1.807) is 18.2 Å². The van der Waals surface area contributed by atoms with Crippen molar-refractivity contribution in [1.29, 1.82) is 0 Å². The van der Waals surface area contributed by atoms with Gasteiger partial charge in [0.1, 0.15) is 0 Å². The molecular formula is C16H19NO3S. The molecule has 1 aromatic carbocycles. The lowest BCUT2D eigenvalue weighted by atomic mass is 9.84. The summed E-state index contributed by atoms with van der Waals surface area (Å²) in [5.74, 6) is 2.28. The topological polar surface area (TPSA) is 63.2 Å². The van der Waals surface area contributed by atoms with E-state index < -0.39 is 14.6 Å². The quantitative estimate of drug-likeness (QED) is 0.861. The van der Waals surface area contributed by atoms with Gasteiger partial charge in [-0.25, -0.2) is 8.42 Å². The first-order chi connectivity index (χ1) is 9.79. The number of carbonyl (C=O) groups is 1. The Morgan fingerprint density at radius 1 is 1.43 bits per heavy atom. The van der Waals surface area contributed by atoms with Crippen LogP contribution in [0.2, 0.25) is 0 Å². The normalized spacial score (nSPS) is 16.6. The Morgan fingerprint density at radius 2 is 2.10 bits per heavy atom. The van der Waals surface area contributed by atoms with Crippen molar-refractivity contribution in [2.45, 2.75) is 30.9 Å². The van der Waals surface area contributed by atoms with Crippen LogP contribution >= 0.6 is 0 Å². The van der Waals surface area contributed by atoms with E-state index in [1.165, 1.54) is 6.26 Å². The maximum absolute atomic E-state index is 12.2. The van der Waals surface area contributed by atoms with Crippen molar-refractivity contribution in [3.8, 4) is 12.3 Å².